The summed E-state index contributed by atoms with van der Waals surface area (Å²) in [6.45, 7) is 1.99. The number of hydrogen-bond acceptors (Lipinski definition) is 5. The Kier molecular flexibility index (Phi) is 5.35. The SMILES string of the molecule is Cc1ccccc1N(C(=O)CCn1[nH]c(=O)c2ccccc2c1=O)c1nc2ccccc2s1. The molecule has 1 N–H and O–H groups in total. The number of carbonyl (C=O) groups is 1. The van der Waals surface area contributed by atoms with E-state index < -0.39 is 0 Å². The Morgan fingerprint density at radius 3 is 2.45 bits per heavy atom. The van der Waals surface area contributed by atoms with Crippen LogP contribution in [0.4, 0.5) is 10.8 Å². The van der Waals surface area contributed by atoms with Crippen molar-refractivity contribution in [3.8, 4) is 0 Å². The topological polar surface area (TPSA) is 88.1 Å². The Labute approximate surface area is 192 Å². The third kappa shape index (κ3) is 3.85. The average Bonchev–Trinajstić information content (AvgIpc) is 3.25. The van der Waals surface area contributed by atoms with Crippen LogP contribution in [0, 0.1) is 6.92 Å². The van der Waals surface area contributed by atoms with Gasteiger partial charge in [0.15, 0.2) is 5.13 Å². The van der Waals surface area contributed by atoms with E-state index in [0.717, 1.165) is 21.5 Å². The van der Waals surface area contributed by atoms with Gasteiger partial charge in [0.05, 0.1) is 33.2 Å². The lowest BCUT2D eigenvalue weighted by Crippen LogP contribution is -2.33. The average molecular weight is 457 g/mol. The maximum atomic E-state index is 13.5. The van der Waals surface area contributed by atoms with E-state index in [1.807, 2.05) is 55.5 Å². The number of nitrogens with one attached hydrogen (secondary N) is 1. The lowest BCUT2D eigenvalue weighted by molar-refractivity contribution is -0.118. The second-order valence-corrected chi connectivity index (χ2v) is 8.68. The monoisotopic (exact) mass is 456 g/mol. The van der Waals surface area contributed by atoms with E-state index >= 15 is 0 Å². The van der Waals surface area contributed by atoms with Crippen molar-refractivity contribution in [3.05, 3.63) is 99.1 Å². The number of carbonyl (C=O) groups excluding carboxylic acids is 1. The Bertz CT molecular complexity index is 1580. The number of nitrogens with zero attached hydrogens (tertiary/aromatic N) is 3. The summed E-state index contributed by atoms with van der Waals surface area (Å²) in [5, 5.41) is 3.82. The zero-order valence-electron chi connectivity index (χ0n) is 17.8. The number of aryl methyl sites for hydroxylation is 2. The standard InChI is InChI=1S/C25H20N4O3S/c1-16-8-2-6-12-20(16)29(25-26-19-11-5-7-13-21(19)33-25)22(30)14-15-28-24(32)18-10-4-3-9-17(18)23(31)27-28/h2-13H,14-15H2,1H3,(H,27,31). The van der Waals surface area contributed by atoms with Crippen LogP contribution in [0.5, 0.6) is 0 Å². The highest BCUT2D eigenvalue weighted by Gasteiger charge is 2.23. The minimum atomic E-state index is -0.361. The maximum Gasteiger partial charge on any atom is 0.273 e. The van der Waals surface area contributed by atoms with Crippen LogP contribution in [0.15, 0.2) is 82.4 Å². The number of aromatic amines is 1. The first-order valence-electron chi connectivity index (χ1n) is 10.5. The number of fused-ring (bicyclic) bond motifs is 2. The zero-order valence-corrected chi connectivity index (χ0v) is 18.6. The lowest BCUT2D eigenvalue weighted by atomic mass is 10.1. The van der Waals surface area contributed by atoms with E-state index in [1.165, 1.54) is 16.0 Å². The first-order chi connectivity index (χ1) is 16.0. The minimum Gasteiger partial charge on any atom is -0.274 e. The van der Waals surface area contributed by atoms with Gasteiger partial charge < -0.3 is 0 Å². The number of hydrogen-bond donors (Lipinski definition) is 1. The third-order valence-corrected chi connectivity index (χ3v) is 6.53. The van der Waals surface area contributed by atoms with Crippen LogP contribution in [-0.2, 0) is 11.3 Å². The zero-order chi connectivity index (χ0) is 22.9. The second-order valence-electron chi connectivity index (χ2n) is 7.67. The molecular formula is C25H20N4O3S. The third-order valence-electron chi connectivity index (χ3n) is 5.51. The predicted octanol–water partition coefficient (Wildman–Crippen LogP) is 4.36. The molecule has 0 radical (unpaired) electrons. The van der Waals surface area contributed by atoms with Crippen molar-refractivity contribution in [1.29, 1.82) is 0 Å². The molecular weight excluding hydrogens is 436 g/mol. The Hall–Kier alpha value is -4.04. The molecule has 5 aromatic rings. The van der Waals surface area contributed by atoms with Gasteiger partial charge in [-0.05, 0) is 42.8 Å². The molecule has 33 heavy (non-hydrogen) atoms. The van der Waals surface area contributed by atoms with Gasteiger partial charge in [0, 0.05) is 6.42 Å². The molecule has 0 fully saturated rings. The molecule has 2 aromatic heterocycles. The molecule has 0 aliphatic carbocycles. The van der Waals surface area contributed by atoms with Crippen LogP contribution in [-0.4, -0.2) is 20.7 Å². The normalized spacial score (nSPS) is 11.2. The number of rotatable bonds is 5. The minimum absolute atomic E-state index is 0.0123. The summed E-state index contributed by atoms with van der Waals surface area (Å²) in [7, 11) is 0. The van der Waals surface area contributed by atoms with Crippen LogP contribution in [0.2, 0.25) is 0 Å². The number of anilines is 2. The second kappa shape index (κ2) is 8.48. The fraction of sp³-hybridized carbons (Fsp3) is 0.120. The van der Waals surface area contributed by atoms with Crippen LogP contribution in [0.3, 0.4) is 0 Å². The van der Waals surface area contributed by atoms with Crippen molar-refractivity contribution in [1.82, 2.24) is 14.8 Å². The molecule has 1 amide bonds. The quantitative estimate of drug-likeness (QED) is 0.426. The van der Waals surface area contributed by atoms with Crippen molar-refractivity contribution in [3.63, 3.8) is 0 Å². The van der Waals surface area contributed by atoms with Crippen LogP contribution in [0.25, 0.3) is 21.0 Å². The molecule has 164 valence electrons. The summed E-state index contributed by atoms with van der Waals surface area (Å²) >= 11 is 1.43. The molecule has 2 heterocycles. The summed E-state index contributed by atoms with van der Waals surface area (Å²) in [5.41, 5.74) is 1.79. The number of H-pyrrole nitrogens is 1. The van der Waals surface area contributed by atoms with Crippen molar-refractivity contribution >= 4 is 49.1 Å². The van der Waals surface area contributed by atoms with Gasteiger partial charge in [-0.1, -0.05) is 53.8 Å². The van der Waals surface area contributed by atoms with Gasteiger partial charge in [-0.15, -0.1) is 0 Å². The molecule has 0 unspecified atom stereocenters. The molecule has 0 bridgehead atoms. The van der Waals surface area contributed by atoms with Crippen LogP contribution in [0.1, 0.15) is 12.0 Å². The van der Waals surface area contributed by atoms with E-state index in [2.05, 4.69) is 10.1 Å². The van der Waals surface area contributed by atoms with Gasteiger partial charge in [0.2, 0.25) is 5.91 Å². The fourth-order valence-corrected chi connectivity index (χ4v) is 4.83. The first kappa shape index (κ1) is 20.8. The highest BCUT2D eigenvalue weighted by Crippen LogP contribution is 2.35. The number of thiazole rings is 1. The highest BCUT2D eigenvalue weighted by atomic mass is 32.1. The molecule has 0 atom stereocenters. The summed E-state index contributed by atoms with van der Waals surface area (Å²) in [5.74, 6) is -0.218. The first-order valence-corrected chi connectivity index (χ1v) is 11.3. The van der Waals surface area contributed by atoms with Gasteiger partial charge in [-0.25, -0.2) is 9.67 Å². The van der Waals surface area contributed by atoms with E-state index in [1.54, 1.807) is 29.2 Å². The number of para-hydroxylation sites is 2. The largest absolute Gasteiger partial charge is 0.274 e. The fourth-order valence-electron chi connectivity index (χ4n) is 3.84. The van der Waals surface area contributed by atoms with E-state index in [4.69, 9.17) is 0 Å². The molecule has 0 aliphatic rings. The van der Waals surface area contributed by atoms with Gasteiger partial charge in [0.25, 0.3) is 11.1 Å². The Balaban J connectivity index is 1.51. The molecule has 0 saturated heterocycles. The number of benzene rings is 3. The van der Waals surface area contributed by atoms with E-state index in [0.29, 0.717) is 15.9 Å². The number of amides is 1. The summed E-state index contributed by atoms with van der Waals surface area (Å²) in [6, 6.07) is 22.0. The lowest BCUT2D eigenvalue weighted by Gasteiger charge is -2.22. The van der Waals surface area contributed by atoms with Gasteiger partial charge >= 0.3 is 0 Å². The van der Waals surface area contributed by atoms with Crippen molar-refractivity contribution in [2.45, 2.75) is 19.9 Å². The van der Waals surface area contributed by atoms with Crippen LogP contribution >= 0.6 is 11.3 Å². The van der Waals surface area contributed by atoms with E-state index in [-0.39, 0.29) is 30.0 Å². The summed E-state index contributed by atoms with van der Waals surface area (Å²) in [4.78, 5) is 45.0. The number of aromatic nitrogens is 3. The maximum absolute atomic E-state index is 13.5. The predicted molar refractivity (Wildman–Crippen MR) is 131 cm³/mol. The van der Waals surface area contributed by atoms with Gasteiger partial charge in [-0.3, -0.25) is 24.4 Å². The molecule has 0 saturated carbocycles. The molecule has 8 heteroatoms. The summed E-state index contributed by atoms with van der Waals surface area (Å²) < 4.78 is 2.19. The van der Waals surface area contributed by atoms with Crippen molar-refractivity contribution < 1.29 is 4.79 Å². The smallest absolute Gasteiger partial charge is 0.273 e. The summed E-state index contributed by atoms with van der Waals surface area (Å²) in [6.07, 6.45) is 0.0123. The Morgan fingerprint density at radius 2 is 1.67 bits per heavy atom. The van der Waals surface area contributed by atoms with Gasteiger partial charge in [0.1, 0.15) is 0 Å². The Morgan fingerprint density at radius 1 is 0.970 bits per heavy atom. The molecule has 0 spiro atoms. The van der Waals surface area contributed by atoms with Crippen molar-refractivity contribution in [2.75, 3.05) is 4.90 Å². The molecule has 3 aromatic carbocycles. The molecule has 5 rings (SSSR count). The van der Waals surface area contributed by atoms with Crippen molar-refractivity contribution in [2.24, 2.45) is 0 Å². The molecule has 0 aliphatic heterocycles. The highest BCUT2D eigenvalue weighted by molar-refractivity contribution is 7.22. The van der Waals surface area contributed by atoms with Gasteiger partial charge in [-0.2, -0.15) is 0 Å². The van der Waals surface area contributed by atoms with E-state index in [9.17, 15) is 14.4 Å². The van der Waals surface area contributed by atoms with Crippen LogP contribution < -0.4 is 16.0 Å². The molecule has 7 nitrogen and oxygen atoms in total.